The van der Waals surface area contributed by atoms with Crippen LogP contribution in [0, 0.1) is 0 Å². The lowest BCUT2D eigenvalue weighted by Crippen LogP contribution is -2.21. The van der Waals surface area contributed by atoms with Gasteiger partial charge in [0.05, 0.1) is 17.4 Å². The van der Waals surface area contributed by atoms with Crippen LogP contribution in [0.3, 0.4) is 0 Å². The molecule has 28 heavy (non-hydrogen) atoms. The van der Waals surface area contributed by atoms with E-state index in [2.05, 4.69) is 9.36 Å². The predicted octanol–water partition coefficient (Wildman–Crippen LogP) is 1.36. The van der Waals surface area contributed by atoms with Crippen molar-refractivity contribution in [2.24, 2.45) is 0 Å². The van der Waals surface area contributed by atoms with E-state index in [0.717, 1.165) is 11.5 Å². The SMILES string of the molecule is CCOC1=C/C(=C\c2c(N)n3c(S(=O)(=O)C(C)C)nsc3nc2=O)C=CC1=O. The van der Waals surface area contributed by atoms with Gasteiger partial charge in [0.15, 0.2) is 5.76 Å². The normalized spacial score (nSPS) is 16.2. The third kappa shape index (κ3) is 3.38. The van der Waals surface area contributed by atoms with Gasteiger partial charge in [-0.15, -0.1) is 0 Å². The Morgan fingerprint density at radius 3 is 2.68 bits per heavy atom. The van der Waals surface area contributed by atoms with Gasteiger partial charge in [-0.2, -0.15) is 9.36 Å². The maximum atomic E-state index is 12.6. The maximum absolute atomic E-state index is 12.6. The molecule has 0 saturated carbocycles. The highest BCUT2D eigenvalue weighted by Gasteiger charge is 2.28. The monoisotopic (exact) mass is 422 g/mol. The topological polar surface area (TPSA) is 134 Å². The van der Waals surface area contributed by atoms with Crippen LogP contribution >= 0.6 is 11.5 Å². The van der Waals surface area contributed by atoms with Gasteiger partial charge in [-0.1, -0.05) is 6.08 Å². The minimum absolute atomic E-state index is 0.000923. The van der Waals surface area contributed by atoms with Gasteiger partial charge in [0, 0.05) is 11.5 Å². The summed E-state index contributed by atoms with van der Waals surface area (Å²) in [6.07, 6.45) is 5.74. The lowest BCUT2D eigenvalue weighted by atomic mass is 10.0. The Hall–Kier alpha value is -2.79. The number of sulfone groups is 1. The molecule has 0 amide bonds. The molecule has 2 heterocycles. The Labute approximate surface area is 164 Å². The number of nitrogens with zero attached hydrogens (tertiary/aromatic N) is 3. The molecule has 0 unspecified atom stereocenters. The molecule has 2 N–H and O–H groups in total. The van der Waals surface area contributed by atoms with Gasteiger partial charge in [0.25, 0.3) is 5.56 Å². The third-order valence-electron chi connectivity index (χ3n) is 3.99. The fraction of sp³-hybridized carbons (Fsp3) is 0.294. The van der Waals surface area contributed by atoms with Crippen molar-refractivity contribution in [2.75, 3.05) is 12.3 Å². The first-order valence-electron chi connectivity index (χ1n) is 8.37. The Kier molecular flexibility index (Phi) is 5.22. The molecule has 1 aliphatic rings. The third-order valence-corrected chi connectivity index (χ3v) is 6.83. The molecule has 0 radical (unpaired) electrons. The zero-order chi connectivity index (χ0) is 20.6. The fourth-order valence-electron chi connectivity index (χ4n) is 2.47. The van der Waals surface area contributed by atoms with Crippen LogP contribution in [0.5, 0.6) is 0 Å². The molecule has 0 aromatic carbocycles. The number of aromatic nitrogens is 3. The average Bonchev–Trinajstić information content (AvgIpc) is 3.06. The highest BCUT2D eigenvalue weighted by Crippen LogP contribution is 2.24. The van der Waals surface area contributed by atoms with E-state index in [-0.39, 0.29) is 33.0 Å². The molecule has 2 aromatic heterocycles. The van der Waals surface area contributed by atoms with Crippen molar-refractivity contribution in [3.05, 3.63) is 45.5 Å². The van der Waals surface area contributed by atoms with Crippen molar-refractivity contribution >= 4 is 44.0 Å². The van der Waals surface area contributed by atoms with E-state index in [1.54, 1.807) is 6.92 Å². The Morgan fingerprint density at radius 1 is 1.32 bits per heavy atom. The van der Waals surface area contributed by atoms with Crippen LogP contribution < -0.4 is 11.3 Å². The average molecular weight is 422 g/mol. The number of hydrogen-bond acceptors (Lipinski definition) is 9. The largest absolute Gasteiger partial charge is 0.490 e. The van der Waals surface area contributed by atoms with Gasteiger partial charge >= 0.3 is 0 Å². The number of nitrogens with two attached hydrogens (primary N) is 1. The molecule has 0 saturated heterocycles. The molecule has 148 valence electrons. The molecule has 0 spiro atoms. The van der Waals surface area contributed by atoms with Gasteiger partial charge in [-0.05, 0) is 44.6 Å². The molecule has 0 bridgehead atoms. The standard InChI is InChI=1S/C17H18N4O5S2/c1-4-26-13-8-10(5-6-12(13)22)7-11-14(18)21-16(19-15(11)23)27-20-17(21)28(24,25)9(2)3/h5-9H,4,18H2,1-3H3/b10-7-. The summed E-state index contributed by atoms with van der Waals surface area (Å²) < 4.78 is 35.5. The molecular weight excluding hydrogens is 404 g/mol. The number of anilines is 1. The number of nitrogen functional groups attached to an aromatic ring is 1. The molecule has 9 nitrogen and oxygen atoms in total. The van der Waals surface area contributed by atoms with Gasteiger partial charge < -0.3 is 10.5 Å². The maximum Gasteiger partial charge on any atom is 0.283 e. The van der Waals surface area contributed by atoms with Crippen molar-refractivity contribution < 1.29 is 17.9 Å². The van der Waals surface area contributed by atoms with Gasteiger partial charge in [-0.25, -0.2) is 12.8 Å². The lowest BCUT2D eigenvalue weighted by Gasteiger charge is -2.11. The van der Waals surface area contributed by atoms with Crippen LogP contribution in [0.25, 0.3) is 11.0 Å². The van der Waals surface area contributed by atoms with Crippen LogP contribution in [0.1, 0.15) is 26.3 Å². The second-order valence-electron chi connectivity index (χ2n) is 6.18. The van der Waals surface area contributed by atoms with Gasteiger partial charge in [0.1, 0.15) is 5.82 Å². The summed E-state index contributed by atoms with van der Waals surface area (Å²) in [5.74, 6) is -0.235. The summed E-state index contributed by atoms with van der Waals surface area (Å²) >= 11 is 0.780. The Morgan fingerprint density at radius 2 is 2.04 bits per heavy atom. The lowest BCUT2D eigenvalue weighted by molar-refractivity contribution is -0.114. The fourth-order valence-corrected chi connectivity index (χ4v) is 4.55. The van der Waals surface area contributed by atoms with Gasteiger partial charge in [-0.3, -0.25) is 9.59 Å². The minimum atomic E-state index is -3.74. The highest BCUT2D eigenvalue weighted by atomic mass is 32.2. The van der Waals surface area contributed by atoms with E-state index < -0.39 is 20.6 Å². The number of allylic oxidation sites excluding steroid dienone is 4. The van der Waals surface area contributed by atoms with E-state index in [9.17, 15) is 18.0 Å². The minimum Gasteiger partial charge on any atom is -0.490 e. The number of ketones is 1. The number of carbonyl (C=O) groups is 1. The Bertz CT molecular complexity index is 1220. The summed E-state index contributed by atoms with van der Waals surface area (Å²) in [6, 6.07) is 0. The quantitative estimate of drug-likeness (QED) is 0.763. The molecular formula is C17H18N4O5S2. The summed E-state index contributed by atoms with van der Waals surface area (Å²) in [6.45, 7) is 5.12. The zero-order valence-corrected chi connectivity index (χ0v) is 17.0. The van der Waals surface area contributed by atoms with Crippen LogP contribution in [0.4, 0.5) is 5.82 Å². The van der Waals surface area contributed by atoms with Crippen molar-refractivity contribution in [3.8, 4) is 0 Å². The summed E-state index contributed by atoms with van der Waals surface area (Å²) in [5.41, 5.74) is 6.00. The first-order chi connectivity index (χ1) is 13.2. The molecule has 2 aromatic rings. The number of fused-ring (bicyclic) bond motifs is 1. The summed E-state index contributed by atoms with van der Waals surface area (Å²) in [7, 11) is -3.74. The molecule has 0 fully saturated rings. The molecule has 11 heteroatoms. The molecule has 0 atom stereocenters. The van der Waals surface area contributed by atoms with E-state index in [1.165, 1.54) is 42.6 Å². The number of hydrogen-bond donors (Lipinski definition) is 1. The number of rotatable bonds is 5. The molecule has 1 aliphatic carbocycles. The van der Waals surface area contributed by atoms with E-state index in [1.807, 2.05) is 0 Å². The van der Waals surface area contributed by atoms with Crippen molar-refractivity contribution in [1.29, 1.82) is 0 Å². The Balaban J connectivity index is 2.22. The van der Waals surface area contributed by atoms with E-state index >= 15 is 0 Å². The van der Waals surface area contributed by atoms with Crippen LogP contribution in [0.15, 0.2) is 39.5 Å². The number of carbonyl (C=O) groups excluding carboxylic acids is 1. The van der Waals surface area contributed by atoms with Crippen LogP contribution in [-0.2, 0) is 19.4 Å². The smallest absolute Gasteiger partial charge is 0.283 e. The van der Waals surface area contributed by atoms with E-state index in [4.69, 9.17) is 10.5 Å². The van der Waals surface area contributed by atoms with Crippen LogP contribution in [0.2, 0.25) is 0 Å². The predicted molar refractivity (Wildman–Crippen MR) is 106 cm³/mol. The first-order valence-corrected chi connectivity index (χ1v) is 10.7. The number of ether oxygens (including phenoxy) is 1. The summed E-state index contributed by atoms with van der Waals surface area (Å²) in [4.78, 5) is 28.2. The van der Waals surface area contributed by atoms with Gasteiger partial charge in [0.2, 0.25) is 25.7 Å². The van der Waals surface area contributed by atoms with E-state index in [0.29, 0.717) is 12.2 Å². The van der Waals surface area contributed by atoms with Crippen molar-refractivity contribution in [2.45, 2.75) is 31.2 Å². The molecule has 3 rings (SSSR count). The first kappa shape index (κ1) is 20.0. The van der Waals surface area contributed by atoms with Crippen LogP contribution in [-0.4, -0.2) is 39.8 Å². The second kappa shape index (κ2) is 7.32. The molecule has 0 aliphatic heterocycles. The van der Waals surface area contributed by atoms with Crippen molar-refractivity contribution in [3.63, 3.8) is 0 Å². The second-order valence-corrected chi connectivity index (χ2v) is 9.30. The zero-order valence-electron chi connectivity index (χ0n) is 15.4. The summed E-state index contributed by atoms with van der Waals surface area (Å²) in [5, 5.41) is -0.977. The highest BCUT2D eigenvalue weighted by molar-refractivity contribution is 7.91. The van der Waals surface area contributed by atoms with Crippen molar-refractivity contribution in [1.82, 2.24) is 13.8 Å².